The van der Waals surface area contributed by atoms with Crippen molar-refractivity contribution in [3.63, 3.8) is 0 Å². The van der Waals surface area contributed by atoms with E-state index in [1.165, 1.54) is 0 Å². The maximum Gasteiger partial charge on any atom is 0.277 e. The van der Waals surface area contributed by atoms with Crippen molar-refractivity contribution in [2.45, 2.75) is 59.0 Å². The van der Waals surface area contributed by atoms with E-state index in [0.29, 0.717) is 35.9 Å². The van der Waals surface area contributed by atoms with Crippen molar-refractivity contribution in [3.05, 3.63) is 45.6 Å². The van der Waals surface area contributed by atoms with Gasteiger partial charge in [0.2, 0.25) is 5.91 Å². The Morgan fingerprint density at radius 3 is 2.79 bits per heavy atom. The van der Waals surface area contributed by atoms with E-state index in [4.69, 9.17) is 9.84 Å². The molecule has 0 saturated carbocycles. The highest BCUT2D eigenvalue weighted by molar-refractivity contribution is 5.81. The fraction of sp³-hybridized carbons (Fsp3) is 0.520. The molecule has 1 aliphatic heterocycles. The Labute approximate surface area is 199 Å². The number of fused-ring (bicyclic) bond motifs is 1. The molecule has 1 N–H and O–H groups in total. The first-order chi connectivity index (χ1) is 16.3. The molecule has 1 amide bonds. The minimum absolute atomic E-state index is 0.107. The zero-order valence-corrected chi connectivity index (χ0v) is 20.7. The van der Waals surface area contributed by atoms with Crippen molar-refractivity contribution in [2.24, 2.45) is 0 Å². The van der Waals surface area contributed by atoms with Crippen LogP contribution in [0.3, 0.4) is 0 Å². The van der Waals surface area contributed by atoms with Crippen molar-refractivity contribution >= 4 is 11.4 Å². The molecule has 3 aromatic rings. The lowest BCUT2D eigenvalue weighted by Gasteiger charge is -2.26. The van der Waals surface area contributed by atoms with Crippen molar-refractivity contribution in [1.29, 1.82) is 0 Å². The average Bonchev–Trinajstić information content (AvgIpc) is 3.39. The van der Waals surface area contributed by atoms with E-state index in [0.717, 1.165) is 49.2 Å². The van der Waals surface area contributed by atoms with Gasteiger partial charge in [-0.2, -0.15) is 0 Å². The molecule has 0 spiro atoms. The van der Waals surface area contributed by atoms with Crippen LogP contribution >= 0.6 is 0 Å². The Morgan fingerprint density at radius 1 is 1.29 bits per heavy atom. The lowest BCUT2D eigenvalue weighted by Crippen LogP contribution is -2.42. The van der Waals surface area contributed by atoms with Crippen LogP contribution < -0.4 is 10.3 Å². The molecule has 0 aliphatic carbocycles. The number of H-pyrrole nitrogens is 1. The number of carbonyl (C=O) groups is 1. The fourth-order valence-electron chi connectivity index (χ4n) is 4.71. The third kappa shape index (κ3) is 4.57. The lowest BCUT2D eigenvalue weighted by atomic mass is 10.1. The minimum atomic E-state index is -0.221. The van der Waals surface area contributed by atoms with Gasteiger partial charge in [0.1, 0.15) is 11.6 Å². The number of hydrogen-bond acceptors (Lipinski definition) is 6. The number of amides is 1. The molecule has 0 radical (unpaired) electrons. The van der Waals surface area contributed by atoms with E-state index in [1.807, 2.05) is 32.0 Å². The second-order valence-corrected chi connectivity index (χ2v) is 9.05. The van der Waals surface area contributed by atoms with Gasteiger partial charge >= 0.3 is 0 Å². The molecule has 1 saturated heterocycles. The third-order valence-electron chi connectivity index (χ3n) is 6.29. The van der Waals surface area contributed by atoms with E-state index in [2.05, 4.69) is 21.8 Å². The van der Waals surface area contributed by atoms with Crippen LogP contribution in [0.2, 0.25) is 0 Å². The number of nitrogens with one attached hydrogen (secondary N) is 1. The van der Waals surface area contributed by atoms with Gasteiger partial charge in [-0.15, -0.1) is 5.10 Å². The molecule has 1 fully saturated rings. The Morgan fingerprint density at radius 2 is 2.09 bits per heavy atom. The van der Waals surface area contributed by atoms with E-state index in [-0.39, 0.29) is 17.5 Å². The summed E-state index contributed by atoms with van der Waals surface area (Å²) in [6.07, 6.45) is 3.51. The number of aromatic nitrogens is 4. The molecule has 182 valence electrons. The zero-order chi connectivity index (χ0) is 24.4. The molecule has 9 heteroatoms. The van der Waals surface area contributed by atoms with Crippen LogP contribution in [0.5, 0.6) is 5.75 Å². The highest BCUT2D eigenvalue weighted by atomic mass is 16.5. The minimum Gasteiger partial charge on any atom is -0.493 e. The van der Waals surface area contributed by atoms with Crippen LogP contribution in [0.4, 0.5) is 0 Å². The summed E-state index contributed by atoms with van der Waals surface area (Å²) in [5.74, 6) is 2.02. The molecule has 1 unspecified atom stereocenters. The van der Waals surface area contributed by atoms with Crippen LogP contribution in [0.1, 0.15) is 50.2 Å². The van der Waals surface area contributed by atoms with Crippen molar-refractivity contribution in [2.75, 3.05) is 27.2 Å². The van der Waals surface area contributed by atoms with Crippen molar-refractivity contribution < 1.29 is 9.53 Å². The largest absolute Gasteiger partial charge is 0.493 e. The van der Waals surface area contributed by atoms with Gasteiger partial charge in [-0.25, -0.2) is 9.50 Å². The van der Waals surface area contributed by atoms with Crippen LogP contribution in [-0.4, -0.2) is 68.6 Å². The summed E-state index contributed by atoms with van der Waals surface area (Å²) in [7, 11) is 3.60. The summed E-state index contributed by atoms with van der Waals surface area (Å²) in [6.45, 7) is 7.85. The maximum absolute atomic E-state index is 13.0. The SMILES string of the molecule is CCCc1nc(C)c2c(=O)[nH]c(-c3cc(CN4CCCC4C(=O)N(C)C)ccc3OCC)nn12. The summed E-state index contributed by atoms with van der Waals surface area (Å²) in [5, 5.41) is 4.77. The Hall–Kier alpha value is -3.20. The van der Waals surface area contributed by atoms with Gasteiger partial charge in [-0.3, -0.25) is 14.5 Å². The number of hydrogen-bond donors (Lipinski definition) is 1. The van der Waals surface area contributed by atoms with Gasteiger partial charge in [-0.05, 0) is 57.4 Å². The van der Waals surface area contributed by atoms with Gasteiger partial charge in [0, 0.05) is 27.1 Å². The highest BCUT2D eigenvalue weighted by Gasteiger charge is 2.31. The smallest absolute Gasteiger partial charge is 0.277 e. The number of rotatable bonds is 8. The first kappa shape index (κ1) is 23.9. The molecule has 3 heterocycles. The summed E-state index contributed by atoms with van der Waals surface area (Å²) < 4.78 is 7.55. The van der Waals surface area contributed by atoms with Crippen molar-refractivity contribution in [3.8, 4) is 17.1 Å². The number of benzene rings is 1. The average molecular weight is 467 g/mol. The standard InChI is InChI=1S/C25H34N6O3/c1-6-9-21-26-16(3)22-24(32)27-23(28-31(21)22)18-14-17(11-12-20(18)34-7-2)15-30-13-8-10-19(30)25(33)29(4)5/h11-12,14,19H,6-10,13,15H2,1-5H3,(H,27,28,32). The molecule has 0 bridgehead atoms. The van der Waals surface area contributed by atoms with E-state index in [9.17, 15) is 9.59 Å². The molecule has 9 nitrogen and oxygen atoms in total. The summed E-state index contributed by atoms with van der Waals surface area (Å²) in [4.78, 5) is 37.0. The molecule has 34 heavy (non-hydrogen) atoms. The molecular weight excluding hydrogens is 432 g/mol. The second-order valence-electron chi connectivity index (χ2n) is 9.05. The highest BCUT2D eigenvalue weighted by Crippen LogP contribution is 2.30. The number of ether oxygens (including phenoxy) is 1. The molecule has 1 aromatic carbocycles. The molecule has 4 rings (SSSR count). The third-order valence-corrected chi connectivity index (χ3v) is 6.29. The maximum atomic E-state index is 13.0. The second kappa shape index (κ2) is 9.97. The molecular formula is C25H34N6O3. The number of likely N-dealkylation sites (tertiary alicyclic amines) is 1. The van der Waals surface area contributed by atoms with Crippen LogP contribution in [0, 0.1) is 6.92 Å². The monoisotopic (exact) mass is 466 g/mol. The van der Waals surface area contributed by atoms with Crippen molar-refractivity contribution in [1.82, 2.24) is 29.4 Å². The van der Waals surface area contributed by atoms with Crippen LogP contribution in [0.15, 0.2) is 23.0 Å². The van der Waals surface area contributed by atoms with Gasteiger partial charge in [-0.1, -0.05) is 13.0 Å². The number of carbonyl (C=O) groups excluding carboxylic acids is 1. The summed E-state index contributed by atoms with van der Waals surface area (Å²) in [6, 6.07) is 5.84. The Balaban J connectivity index is 1.75. The molecule has 1 aliphatic rings. The first-order valence-electron chi connectivity index (χ1n) is 12.0. The molecule has 2 aromatic heterocycles. The number of nitrogens with zero attached hydrogens (tertiary/aromatic N) is 5. The predicted octanol–water partition coefficient (Wildman–Crippen LogP) is 2.80. The van der Waals surface area contributed by atoms with Gasteiger partial charge < -0.3 is 14.6 Å². The van der Waals surface area contributed by atoms with Gasteiger partial charge in [0.25, 0.3) is 5.56 Å². The lowest BCUT2D eigenvalue weighted by molar-refractivity contribution is -0.133. The quantitative estimate of drug-likeness (QED) is 0.549. The topological polar surface area (TPSA) is 95.8 Å². The molecule has 1 atom stereocenters. The summed E-state index contributed by atoms with van der Waals surface area (Å²) in [5.41, 5.74) is 2.69. The number of aryl methyl sites for hydroxylation is 2. The van der Waals surface area contributed by atoms with Gasteiger partial charge in [0.05, 0.1) is 23.9 Å². The summed E-state index contributed by atoms with van der Waals surface area (Å²) >= 11 is 0. The number of likely N-dealkylation sites (N-methyl/N-ethyl adjacent to an activating group) is 1. The van der Waals surface area contributed by atoms with E-state index >= 15 is 0 Å². The predicted molar refractivity (Wildman–Crippen MR) is 131 cm³/mol. The van der Waals surface area contributed by atoms with Gasteiger partial charge in [0.15, 0.2) is 11.3 Å². The van der Waals surface area contributed by atoms with Crippen LogP contribution in [-0.2, 0) is 17.8 Å². The van der Waals surface area contributed by atoms with E-state index < -0.39 is 0 Å². The zero-order valence-electron chi connectivity index (χ0n) is 20.7. The number of imidazole rings is 1. The fourth-order valence-corrected chi connectivity index (χ4v) is 4.71. The Kier molecular flexibility index (Phi) is 7.02. The Bertz CT molecular complexity index is 1250. The van der Waals surface area contributed by atoms with E-state index in [1.54, 1.807) is 23.5 Å². The first-order valence-corrected chi connectivity index (χ1v) is 12.0. The number of aromatic amines is 1. The normalized spacial score (nSPS) is 16.3. The van der Waals surface area contributed by atoms with Crippen LogP contribution in [0.25, 0.3) is 16.9 Å².